The van der Waals surface area contributed by atoms with Crippen LogP contribution in [0.1, 0.15) is 17.0 Å². The predicted molar refractivity (Wildman–Crippen MR) is 77.2 cm³/mol. The van der Waals surface area contributed by atoms with Crippen LogP contribution in [0.4, 0.5) is 0 Å². The van der Waals surface area contributed by atoms with E-state index in [9.17, 15) is 0 Å². The zero-order chi connectivity index (χ0) is 13.0. The molecule has 2 aromatic heterocycles. The number of aryl methyl sites for hydroxylation is 3. The van der Waals surface area contributed by atoms with Gasteiger partial charge in [0.2, 0.25) is 0 Å². The normalized spacial score (nSPS) is 13.4. The third kappa shape index (κ3) is 1.46. The SMILES string of the molecule is COc1ccc2c(c1)-c1nc3scc(C)n3c1CC2. The van der Waals surface area contributed by atoms with Crippen LogP contribution in [0.3, 0.4) is 0 Å². The maximum atomic E-state index is 5.34. The number of benzene rings is 1. The molecule has 1 aromatic carbocycles. The van der Waals surface area contributed by atoms with Gasteiger partial charge < -0.3 is 4.74 Å². The number of hydrogen-bond acceptors (Lipinski definition) is 3. The molecule has 0 spiro atoms. The average molecular weight is 270 g/mol. The maximum absolute atomic E-state index is 5.34. The van der Waals surface area contributed by atoms with E-state index >= 15 is 0 Å². The van der Waals surface area contributed by atoms with Gasteiger partial charge in [-0.15, -0.1) is 11.3 Å². The van der Waals surface area contributed by atoms with E-state index in [0.29, 0.717) is 0 Å². The minimum Gasteiger partial charge on any atom is -0.497 e. The molecule has 1 aliphatic rings. The number of rotatable bonds is 1. The smallest absolute Gasteiger partial charge is 0.194 e. The number of nitrogens with zero attached hydrogens (tertiary/aromatic N) is 2. The van der Waals surface area contributed by atoms with E-state index in [4.69, 9.17) is 9.72 Å². The van der Waals surface area contributed by atoms with Crippen LogP contribution < -0.4 is 4.74 Å². The number of hydrogen-bond donors (Lipinski definition) is 0. The van der Waals surface area contributed by atoms with Gasteiger partial charge in [-0.05, 0) is 37.5 Å². The standard InChI is InChI=1S/C15H14N2OS/c1-9-8-19-15-16-14-12-7-11(18-2)5-3-10(12)4-6-13(14)17(9)15/h3,5,7-8H,4,6H2,1-2H3. The predicted octanol–water partition coefficient (Wildman–Crippen LogP) is 3.48. The number of methoxy groups -OCH3 is 1. The lowest BCUT2D eigenvalue weighted by Crippen LogP contribution is -2.06. The second-order valence-electron chi connectivity index (χ2n) is 4.93. The first kappa shape index (κ1) is 11.1. The van der Waals surface area contributed by atoms with Gasteiger partial charge in [0.1, 0.15) is 5.75 Å². The van der Waals surface area contributed by atoms with Gasteiger partial charge in [0, 0.05) is 16.6 Å². The Bertz CT molecular complexity index is 785. The largest absolute Gasteiger partial charge is 0.497 e. The van der Waals surface area contributed by atoms with E-state index in [2.05, 4.69) is 28.8 Å². The molecule has 0 bridgehead atoms. The Morgan fingerprint density at radius 3 is 3.05 bits per heavy atom. The fourth-order valence-corrected chi connectivity index (χ4v) is 3.77. The highest BCUT2D eigenvalue weighted by Crippen LogP contribution is 2.37. The van der Waals surface area contributed by atoms with Gasteiger partial charge in [0.15, 0.2) is 4.96 Å². The van der Waals surface area contributed by atoms with Crippen LogP contribution in [0.2, 0.25) is 0 Å². The molecule has 4 heteroatoms. The van der Waals surface area contributed by atoms with Crippen molar-refractivity contribution < 1.29 is 4.74 Å². The minimum atomic E-state index is 0.902. The van der Waals surface area contributed by atoms with Crippen molar-refractivity contribution in [3.8, 4) is 17.0 Å². The number of fused-ring (bicyclic) bond motifs is 5. The molecule has 0 saturated carbocycles. The molecular weight excluding hydrogens is 256 g/mol. The van der Waals surface area contributed by atoms with Crippen LogP contribution in [0, 0.1) is 6.92 Å². The van der Waals surface area contributed by atoms with Gasteiger partial charge in [0.25, 0.3) is 0 Å². The van der Waals surface area contributed by atoms with E-state index in [1.807, 2.05) is 6.07 Å². The molecule has 0 radical (unpaired) electrons. The maximum Gasteiger partial charge on any atom is 0.194 e. The van der Waals surface area contributed by atoms with Crippen molar-refractivity contribution in [3.05, 3.63) is 40.5 Å². The quantitative estimate of drug-likeness (QED) is 0.677. The molecule has 4 rings (SSSR count). The summed E-state index contributed by atoms with van der Waals surface area (Å²) >= 11 is 1.71. The van der Waals surface area contributed by atoms with Crippen LogP contribution in [-0.2, 0) is 12.8 Å². The molecule has 0 atom stereocenters. The van der Waals surface area contributed by atoms with Gasteiger partial charge in [0.05, 0.1) is 18.5 Å². The molecule has 0 unspecified atom stereocenters. The topological polar surface area (TPSA) is 26.5 Å². The first-order valence-electron chi connectivity index (χ1n) is 6.40. The molecule has 0 aliphatic heterocycles. The van der Waals surface area contributed by atoms with Crippen molar-refractivity contribution in [1.29, 1.82) is 0 Å². The summed E-state index contributed by atoms with van der Waals surface area (Å²) in [5.41, 5.74) is 6.36. The van der Waals surface area contributed by atoms with Crippen LogP contribution in [0.25, 0.3) is 16.2 Å². The molecular formula is C15H14N2OS. The number of aromatic nitrogens is 2. The monoisotopic (exact) mass is 270 g/mol. The highest BCUT2D eigenvalue weighted by molar-refractivity contribution is 7.15. The van der Waals surface area contributed by atoms with Crippen molar-refractivity contribution in [2.24, 2.45) is 0 Å². The van der Waals surface area contributed by atoms with Crippen LogP contribution >= 0.6 is 11.3 Å². The van der Waals surface area contributed by atoms with Crippen molar-refractivity contribution >= 4 is 16.3 Å². The number of ether oxygens (including phenoxy) is 1. The van der Waals surface area contributed by atoms with Crippen LogP contribution in [-0.4, -0.2) is 16.5 Å². The molecule has 2 heterocycles. The fourth-order valence-electron chi connectivity index (χ4n) is 2.88. The van der Waals surface area contributed by atoms with Gasteiger partial charge in [-0.25, -0.2) is 4.98 Å². The number of imidazole rings is 1. The lowest BCUT2D eigenvalue weighted by atomic mass is 9.92. The van der Waals surface area contributed by atoms with Gasteiger partial charge in [-0.3, -0.25) is 4.40 Å². The third-order valence-electron chi connectivity index (χ3n) is 3.83. The summed E-state index contributed by atoms with van der Waals surface area (Å²) < 4.78 is 7.64. The van der Waals surface area contributed by atoms with E-state index in [-0.39, 0.29) is 0 Å². The Balaban J connectivity index is 2.03. The lowest BCUT2D eigenvalue weighted by Gasteiger charge is -2.16. The summed E-state index contributed by atoms with van der Waals surface area (Å²) in [5.74, 6) is 0.902. The van der Waals surface area contributed by atoms with E-state index in [1.165, 1.54) is 22.5 Å². The second kappa shape index (κ2) is 3.84. The Hall–Kier alpha value is -1.81. The fraction of sp³-hybridized carbons (Fsp3) is 0.267. The summed E-state index contributed by atoms with van der Waals surface area (Å²) in [7, 11) is 1.71. The molecule has 1 aliphatic carbocycles. The van der Waals surface area contributed by atoms with E-state index < -0.39 is 0 Å². The Morgan fingerprint density at radius 2 is 2.21 bits per heavy atom. The summed E-state index contributed by atoms with van der Waals surface area (Å²) in [5, 5.41) is 2.17. The molecule has 0 fully saturated rings. The molecule has 3 aromatic rings. The van der Waals surface area contributed by atoms with Gasteiger partial charge in [-0.2, -0.15) is 0 Å². The molecule has 96 valence electrons. The zero-order valence-electron chi connectivity index (χ0n) is 10.9. The lowest BCUT2D eigenvalue weighted by molar-refractivity contribution is 0.415. The van der Waals surface area contributed by atoms with Crippen molar-refractivity contribution in [1.82, 2.24) is 9.38 Å². The van der Waals surface area contributed by atoms with Crippen molar-refractivity contribution in [3.63, 3.8) is 0 Å². The molecule has 3 nitrogen and oxygen atoms in total. The Kier molecular flexibility index (Phi) is 2.23. The van der Waals surface area contributed by atoms with Crippen LogP contribution in [0.15, 0.2) is 23.6 Å². The summed E-state index contributed by atoms with van der Waals surface area (Å²) in [6.07, 6.45) is 2.14. The Morgan fingerprint density at radius 1 is 1.32 bits per heavy atom. The first-order valence-corrected chi connectivity index (χ1v) is 7.28. The summed E-state index contributed by atoms with van der Waals surface area (Å²) in [4.78, 5) is 5.91. The summed E-state index contributed by atoms with van der Waals surface area (Å²) in [6, 6.07) is 6.31. The molecule has 0 amide bonds. The minimum absolute atomic E-state index is 0.902. The highest BCUT2D eigenvalue weighted by Gasteiger charge is 2.23. The van der Waals surface area contributed by atoms with Gasteiger partial charge in [-0.1, -0.05) is 6.07 Å². The van der Waals surface area contributed by atoms with Gasteiger partial charge >= 0.3 is 0 Å². The highest BCUT2D eigenvalue weighted by atomic mass is 32.1. The van der Waals surface area contributed by atoms with E-state index in [0.717, 1.165) is 29.2 Å². The molecule has 19 heavy (non-hydrogen) atoms. The molecule has 0 saturated heterocycles. The zero-order valence-corrected chi connectivity index (χ0v) is 11.8. The summed E-state index contributed by atoms with van der Waals surface area (Å²) in [6.45, 7) is 2.15. The van der Waals surface area contributed by atoms with Crippen molar-refractivity contribution in [2.45, 2.75) is 19.8 Å². The van der Waals surface area contributed by atoms with Crippen molar-refractivity contribution in [2.75, 3.05) is 7.11 Å². The average Bonchev–Trinajstić information content (AvgIpc) is 2.98. The Labute approximate surface area is 115 Å². The first-order chi connectivity index (χ1) is 9.28. The van der Waals surface area contributed by atoms with Crippen LogP contribution in [0.5, 0.6) is 5.75 Å². The molecule has 0 N–H and O–H groups in total. The third-order valence-corrected chi connectivity index (χ3v) is 4.78. The van der Waals surface area contributed by atoms with E-state index in [1.54, 1.807) is 18.4 Å². The second-order valence-corrected chi connectivity index (χ2v) is 5.76. The number of thiazole rings is 1.